The van der Waals surface area contributed by atoms with Gasteiger partial charge in [0, 0.05) is 71.6 Å². The third kappa shape index (κ3) is 6.54. The Morgan fingerprint density at radius 2 is 1.93 bits per heavy atom. The number of hydrogen-bond acceptors (Lipinski definition) is 4. The van der Waals surface area contributed by atoms with Gasteiger partial charge in [0.25, 0.3) is 0 Å². The molecule has 2 amide bonds. The molecule has 1 aliphatic heterocycles. The van der Waals surface area contributed by atoms with Crippen molar-refractivity contribution in [2.24, 2.45) is 4.99 Å². The van der Waals surface area contributed by atoms with Crippen LogP contribution < -0.4 is 5.32 Å². The first-order valence-electron chi connectivity index (χ1n) is 9.44. The smallest absolute Gasteiger partial charge is 0.244 e. The summed E-state index contributed by atoms with van der Waals surface area (Å²) in [6, 6.07) is 5.79. The van der Waals surface area contributed by atoms with Crippen LogP contribution in [0, 0.1) is 0 Å². The second-order valence-corrected chi connectivity index (χ2v) is 6.55. The molecule has 0 atom stereocenters. The number of pyridine rings is 1. The Labute approximate surface area is 161 Å². The summed E-state index contributed by atoms with van der Waals surface area (Å²) in [6.45, 7) is 7.83. The maximum atomic E-state index is 12.4. The summed E-state index contributed by atoms with van der Waals surface area (Å²) in [5.74, 6) is 0.803. The highest BCUT2D eigenvalue weighted by molar-refractivity contribution is 5.85. The van der Waals surface area contributed by atoms with Crippen molar-refractivity contribution in [2.45, 2.75) is 20.3 Å². The van der Waals surface area contributed by atoms with Crippen molar-refractivity contribution in [3.63, 3.8) is 0 Å². The van der Waals surface area contributed by atoms with Gasteiger partial charge in [0.2, 0.25) is 11.8 Å². The lowest BCUT2D eigenvalue weighted by Gasteiger charge is -2.36. The van der Waals surface area contributed by atoms with Crippen molar-refractivity contribution in [3.8, 4) is 0 Å². The predicted octanol–water partition coefficient (Wildman–Crippen LogP) is 0.212. The van der Waals surface area contributed by atoms with E-state index in [0.717, 1.165) is 37.7 Å². The van der Waals surface area contributed by atoms with E-state index < -0.39 is 0 Å². The van der Waals surface area contributed by atoms with Gasteiger partial charge >= 0.3 is 0 Å². The molecule has 2 rings (SSSR count). The van der Waals surface area contributed by atoms with Crippen molar-refractivity contribution >= 4 is 17.8 Å². The summed E-state index contributed by atoms with van der Waals surface area (Å²) in [5, 5.41) is 3.24. The van der Waals surface area contributed by atoms with Crippen LogP contribution in [-0.4, -0.2) is 90.3 Å². The first-order valence-corrected chi connectivity index (χ1v) is 9.44. The molecular formula is C19H30N6O2. The first kappa shape index (κ1) is 20.7. The van der Waals surface area contributed by atoms with Crippen molar-refractivity contribution in [2.75, 3.05) is 52.9 Å². The molecule has 2 heterocycles. The lowest BCUT2D eigenvalue weighted by atomic mass is 10.2. The third-order valence-electron chi connectivity index (χ3n) is 4.58. The maximum absolute atomic E-state index is 12.4. The van der Waals surface area contributed by atoms with Gasteiger partial charge in [-0.2, -0.15) is 0 Å². The fraction of sp³-hybridized carbons (Fsp3) is 0.579. The monoisotopic (exact) mass is 374 g/mol. The number of guanidine groups is 1. The number of amides is 2. The van der Waals surface area contributed by atoms with Gasteiger partial charge in [0.15, 0.2) is 5.96 Å². The molecule has 1 aliphatic rings. The van der Waals surface area contributed by atoms with Crippen molar-refractivity contribution < 1.29 is 9.59 Å². The standard InChI is InChI=1S/C19H30N6O2/c1-4-20-19(25-13-11-24(12-14-25)16(2)26)22-15-18(27)23(3)10-8-17-7-5-6-9-21-17/h5-7,9H,4,8,10-15H2,1-3H3,(H,20,22). The molecule has 1 fully saturated rings. The molecule has 1 N–H and O–H groups in total. The maximum Gasteiger partial charge on any atom is 0.244 e. The molecule has 0 saturated carbocycles. The Morgan fingerprint density at radius 1 is 1.22 bits per heavy atom. The Hall–Kier alpha value is -2.64. The largest absolute Gasteiger partial charge is 0.357 e. The van der Waals surface area contributed by atoms with Crippen LogP contribution in [0.25, 0.3) is 0 Å². The highest BCUT2D eigenvalue weighted by atomic mass is 16.2. The zero-order valence-corrected chi connectivity index (χ0v) is 16.5. The number of carbonyl (C=O) groups excluding carboxylic acids is 2. The molecule has 148 valence electrons. The van der Waals surface area contributed by atoms with Crippen LogP contribution in [-0.2, 0) is 16.0 Å². The Balaban J connectivity index is 1.85. The van der Waals surface area contributed by atoms with Crippen LogP contribution in [0.5, 0.6) is 0 Å². The van der Waals surface area contributed by atoms with Gasteiger partial charge in [0.05, 0.1) is 0 Å². The average Bonchev–Trinajstić information content (AvgIpc) is 2.69. The molecule has 8 heteroatoms. The molecule has 8 nitrogen and oxygen atoms in total. The quantitative estimate of drug-likeness (QED) is 0.569. The molecule has 0 bridgehead atoms. The normalized spacial score (nSPS) is 14.9. The van der Waals surface area contributed by atoms with Gasteiger partial charge in [-0.25, -0.2) is 4.99 Å². The van der Waals surface area contributed by atoms with E-state index in [2.05, 4.69) is 20.2 Å². The van der Waals surface area contributed by atoms with Gasteiger partial charge in [0.1, 0.15) is 6.54 Å². The lowest BCUT2D eigenvalue weighted by molar-refractivity contribution is -0.130. The van der Waals surface area contributed by atoms with E-state index in [1.165, 1.54) is 0 Å². The van der Waals surface area contributed by atoms with E-state index in [9.17, 15) is 9.59 Å². The van der Waals surface area contributed by atoms with Crippen LogP contribution >= 0.6 is 0 Å². The second kappa shape index (κ2) is 10.5. The highest BCUT2D eigenvalue weighted by Gasteiger charge is 2.21. The number of nitrogens with zero attached hydrogens (tertiary/aromatic N) is 5. The van der Waals surface area contributed by atoms with Gasteiger partial charge < -0.3 is 20.0 Å². The Kier molecular flexibility index (Phi) is 8.03. The summed E-state index contributed by atoms with van der Waals surface area (Å²) >= 11 is 0. The minimum Gasteiger partial charge on any atom is -0.357 e. The topological polar surface area (TPSA) is 81.1 Å². The number of carbonyl (C=O) groups is 2. The fourth-order valence-corrected chi connectivity index (χ4v) is 2.88. The number of rotatable bonds is 6. The molecule has 27 heavy (non-hydrogen) atoms. The average molecular weight is 374 g/mol. The fourth-order valence-electron chi connectivity index (χ4n) is 2.88. The van der Waals surface area contributed by atoms with Crippen molar-refractivity contribution in [1.82, 2.24) is 25.0 Å². The van der Waals surface area contributed by atoms with Crippen LogP contribution in [0.2, 0.25) is 0 Å². The Morgan fingerprint density at radius 3 is 2.52 bits per heavy atom. The summed E-state index contributed by atoms with van der Waals surface area (Å²) < 4.78 is 0. The Bertz CT molecular complexity index is 641. The second-order valence-electron chi connectivity index (χ2n) is 6.55. The number of aliphatic imine (C=N–C) groups is 1. The summed E-state index contributed by atoms with van der Waals surface area (Å²) in [4.78, 5) is 38.3. The van der Waals surface area contributed by atoms with E-state index in [1.54, 1.807) is 25.1 Å². The number of piperazine rings is 1. The van der Waals surface area contributed by atoms with E-state index in [4.69, 9.17) is 0 Å². The summed E-state index contributed by atoms with van der Waals surface area (Å²) in [7, 11) is 1.79. The van der Waals surface area contributed by atoms with E-state index in [-0.39, 0.29) is 18.4 Å². The molecule has 1 saturated heterocycles. The molecule has 0 spiro atoms. The minimum absolute atomic E-state index is 0.0243. The predicted molar refractivity (Wildman–Crippen MR) is 105 cm³/mol. The van der Waals surface area contributed by atoms with Gasteiger partial charge in [-0.05, 0) is 19.1 Å². The van der Waals surface area contributed by atoms with Gasteiger partial charge in [-0.3, -0.25) is 14.6 Å². The molecule has 1 aromatic rings. The summed E-state index contributed by atoms with van der Waals surface area (Å²) in [5.41, 5.74) is 0.970. The lowest BCUT2D eigenvalue weighted by Crippen LogP contribution is -2.53. The zero-order valence-electron chi connectivity index (χ0n) is 16.5. The number of aromatic nitrogens is 1. The molecule has 1 aromatic heterocycles. The van der Waals surface area contributed by atoms with E-state index in [0.29, 0.717) is 19.6 Å². The molecule has 0 aromatic carbocycles. The minimum atomic E-state index is -0.0243. The van der Waals surface area contributed by atoms with Crippen LogP contribution in [0.4, 0.5) is 0 Å². The molecule has 0 aliphatic carbocycles. The molecule has 0 unspecified atom stereocenters. The zero-order chi connectivity index (χ0) is 19.6. The van der Waals surface area contributed by atoms with Crippen LogP contribution in [0.3, 0.4) is 0 Å². The number of nitrogens with one attached hydrogen (secondary N) is 1. The first-order chi connectivity index (χ1) is 13.0. The number of likely N-dealkylation sites (N-methyl/N-ethyl adjacent to an activating group) is 1. The number of hydrogen-bond donors (Lipinski definition) is 1. The van der Waals surface area contributed by atoms with Crippen LogP contribution in [0.15, 0.2) is 29.4 Å². The van der Waals surface area contributed by atoms with Crippen LogP contribution in [0.1, 0.15) is 19.5 Å². The third-order valence-corrected chi connectivity index (χ3v) is 4.58. The molecule has 0 radical (unpaired) electrons. The van der Waals surface area contributed by atoms with E-state index >= 15 is 0 Å². The van der Waals surface area contributed by atoms with Crippen molar-refractivity contribution in [1.29, 1.82) is 0 Å². The van der Waals surface area contributed by atoms with E-state index in [1.807, 2.05) is 30.0 Å². The highest BCUT2D eigenvalue weighted by Crippen LogP contribution is 2.03. The summed E-state index contributed by atoms with van der Waals surface area (Å²) in [6.07, 6.45) is 2.48. The SMILES string of the molecule is CCNC(=NCC(=O)N(C)CCc1ccccn1)N1CCN(C(C)=O)CC1. The van der Waals surface area contributed by atoms with Gasteiger partial charge in [-0.15, -0.1) is 0 Å². The van der Waals surface area contributed by atoms with Crippen molar-refractivity contribution in [3.05, 3.63) is 30.1 Å². The molecular weight excluding hydrogens is 344 g/mol. The van der Waals surface area contributed by atoms with Gasteiger partial charge in [-0.1, -0.05) is 6.07 Å².